The van der Waals surface area contributed by atoms with E-state index in [0.29, 0.717) is 12.6 Å². The Labute approximate surface area is 155 Å². The first-order valence-corrected chi connectivity index (χ1v) is 9.12. The van der Waals surface area contributed by atoms with Crippen LogP contribution in [0.25, 0.3) is 0 Å². The predicted molar refractivity (Wildman–Crippen MR) is 104 cm³/mol. The highest BCUT2D eigenvalue weighted by atomic mass is 16.5. The molecule has 0 bridgehead atoms. The third-order valence-electron chi connectivity index (χ3n) is 4.49. The summed E-state index contributed by atoms with van der Waals surface area (Å²) < 4.78 is 5.59. The lowest BCUT2D eigenvalue weighted by atomic mass is 10.1. The predicted octanol–water partition coefficient (Wildman–Crippen LogP) is 3.54. The Morgan fingerprint density at radius 3 is 2.73 bits per heavy atom. The minimum atomic E-state index is -0.193. The largest absolute Gasteiger partial charge is 0.376 e. The standard InChI is InChI=1S/C21H27N3O2/c1-16-6-8-20(9-7-16)23-21(25)22-13-18-4-3-5-19(12-18)15-24-10-11-26-17(2)14-24/h3-9,12,17H,10-11,13-15H2,1-2H3,(H2,22,23,25). The van der Waals surface area contributed by atoms with Crippen molar-refractivity contribution in [3.05, 3.63) is 65.2 Å². The zero-order chi connectivity index (χ0) is 18.4. The molecule has 1 unspecified atom stereocenters. The number of ether oxygens (including phenoxy) is 1. The Hall–Kier alpha value is -2.37. The quantitative estimate of drug-likeness (QED) is 0.864. The van der Waals surface area contributed by atoms with Crippen LogP contribution in [0.1, 0.15) is 23.6 Å². The number of urea groups is 1. The Bertz CT molecular complexity index is 730. The summed E-state index contributed by atoms with van der Waals surface area (Å²) in [5, 5.41) is 5.77. The van der Waals surface area contributed by atoms with Crippen LogP contribution in [0.5, 0.6) is 0 Å². The highest BCUT2D eigenvalue weighted by Crippen LogP contribution is 2.12. The van der Waals surface area contributed by atoms with Gasteiger partial charge in [0.1, 0.15) is 0 Å². The van der Waals surface area contributed by atoms with E-state index in [4.69, 9.17) is 4.74 Å². The summed E-state index contributed by atoms with van der Waals surface area (Å²) in [4.78, 5) is 14.5. The van der Waals surface area contributed by atoms with Crippen LogP contribution in [0.15, 0.2) is 48.5 Å². The third kappa shape index (κ3) is 5.58. The molecule has 0 aliphatic carbocycles. The molecule has 1 aliphatic heterocycles. The van der Waals surface area contributed by atoms with Crippen LogP contribution in [0.4, 0.5) is 10.5 Å². The fourth-order valence-electron chi connectivity index (χ4n) is 3.12. The van der Waals surface area contributed by atoms with Crippen molar-refractivity contribution in [2.45, 2.75) is 33.0 Å². The Morgan fingerprint density at radius 2 is 1.96 bits per heavy atom. The molecule has 1 fully saturated rings. The molecule has 1 atom stereocenters. The van der Waals surface area contributed by atoms with E-state index in [1.165, 1.54) is 11.1 Å². The van der Waals surface area contributed by atoms with Crippen LogP contribution >= 0.6 is 0 Å². The minimum absolute atomic E-state index is 0.193. The van der Waals surface area contributed by atoms with Gasteiger partial charge in [-0.05, 0) is 37.1 Å². The molecule has 1 heterocycles. The van der Waals surface area contributed by atoms with Crippen molar-refractivity contribution >= 4 is 11.7 Å². The van der Waals surface area contributed by atoms with Crippen LogP contribution in [-0.2, 0) is 17.8 Å². The van der Waals surface area contributed by atoms with Crippen LogP contribution in [-0.4, -0.2) is 36.7 Å². The molecule has 0 saturated carbocycles. The fourth-order valence-corrected chi connectivity index (χ4v) is 3.12. The number of hydrogen-bond acceptors (Lipinski definition) is 3. The van der Waals surface area contributed by atoms with Gasteiger partial charge in [-0.2, -0.15) is 0 Å². The van der Waals surface area contributed by atoms with Gasteiger partial charge in [0, 0.05) is 31.9 Å². The summed E-state index contributed by atoms with van der Waals surface area (Å²) in [5.41, 5.74) is 4.32. The first-order valence-electron chi connectivity index (χ1n) is 9.12. The van der Waals surface area contributed by atoms with Gasteiger partial charge in [-0.1, -0.05) is 42.0 Å². The molecule has 3 rings (SSSR count). The van der Waals surface area contributed by atoms with Crippen molar-refractivity contribution in [3.63, 3.8) is 0 Å². The van der Waals surface area contributed by atoms with Crippen molar-refractivity contribution in [3.8, 4) is 0 Å². The van der Waals surface area contributed by atoms with Crippen LogP contribution in [0.3, 0.4) is 0 Å². The zero-order valence-electron chi connectivity index (χ0n) is 15.5. The van der Waals surface area contributed by atoms with Gasteiger partial charge in [-0.3, -0.25) is 4.90 Å². The van der Waals surface area contributed by atoms with Crippen molar-refractivity contribution in [2.75, 3.05) is 25.0 Å². The highest BCUT2D eigenvalue weighted by Gasteiger charge is 2.16. The second kappa shape index (κ2) is 8.83. The molecule has 26 heavy (non-hydrogen) atoms. The lowest BCUT2D eigenvalue weighted by Crippen LogP contribution is -2.40. The normalized spacial score (nSPS) is 17.7. The molecule has 0 spiro atoms. The Kier molecular flexibility index (Phi) is 6.26. The average Bonchev–Trinajstić information content (AvgIpc) is 2.62. The van der Waals surface area contributed by atoms with Crippen molar-refractivity contribution in [1.82, 2.24) is 10.2 Å². The summed E-state index contributed by atoms with van der Waals surface area (Å²) in [6, 6.07) is 15.9. The van der Waals surface area contributed by atoms with Crippen LogP contribution < -0.4 is 10.6 Å². The molecule has 0 aromatic heterocycles. The van der Waals surface area contributed by atoms with Gasteiger partial charge >= 0.3 is 6.03 Å². The van der Waals surface area contributed by atoms with E-state index < -0.39 is 0 Å². The number of nitrogens with one attached hydrogen (secondary N) is 2. The fraction of sp³-hybridized carbons (Fsp3) is 0.381. The number of benzene rings is 2. The molecule has 138 valence electrons. The second-order valence-corrected chi connectivity index (χ2v) is 6.91. The van der Waals surface area contributed by atoms with Gasteiger partial charge in [0.05, 0.1) is 12.7 Å². The molecule has 2 aromatic rings. The molecule has 5 nitrogen and oxygen atoms in total. The molecule has 0 radical (unpaired) electrons. The van der Waals surface area contributed by atoms with Crippen molar-refractivity contribution < 1.29 is 9.53 Å². The summed E-state index contributed by atoms with van der Waals surface area (Å²) in [7, 11) is 0. The first-order chi connectivity index (χ1) is 12.6. The number of nitrogens with zero attached hydrogens (tertiary/aromatic N) is 1. The second-order valence-electron chi connectivity index (χ2n) is 6.91. The number of hydrogen-bond donors (Lipinski definition) is 2. The maximum atomic E-state index is 12.1. The van der Waals surface area contributed by atoms with E-state index in [9.17, 15) is 4.79 Å². The van der Waals surface area contributed by atoms with E-state index in [-0.39, 0.29) is 6.03 Å². The number of anilines is 1. The van der Waals surface area contributed by atoms with Gasteiger partial charge in [-0.25, -0.2) is 4.79 Å². The summed E-state index contributed by atoms with van der Waals surface area (Å²) in [6.07, 6.45) is 0.291. The van der Waals surface area contributed by atoms with Crippen LogP contribution in [0, 0.1) is 6.92 Å². The molecule has 2 aromatic carbocycles. The minimum Gasteiger partial charge on any atom is -0.376 e. The number of carbonyl (C=O) groups is 1. The van der Waals surface area contributed by atoms with E-state index in [1.807, 2.05) is 43.3 Å². The van der Waals surface area contributed by atoms with Gasteiger partial charge < -0.3 is 15.4 Å². The Balaban J connectivity index is 1.50. The third-order valence-corrected chi connectivity index (χ3v) is 4.49. The smallest absolute Gasteiger partial charge is 0.319 e. The summed E-state index contributed by atoms with van der Waals surface area (Å²) >= 11 is 0. The van der Waals surface area contributed by atoms with E-state index >= 15 is 0 Å². The topological polar surface area (TPSA) is 53.6 Å². The molecular weight excluding hydrogens is 326 g/mol. The number of amides is 2. The Morgan fingerprint density at radius 1 is 1.19 bits per heavy atom. The van der Waals surface area contributed by atoms with E-state index in [0.717, 1.165) is 37.5 Å². The van der Waals surface area contributed by atoms with Gasteiger partial charge in [0.15, 0.2) is 0 Å². The molecule has 2 N–H and O–H groups in total. The maximum absolute atomic E-state index is 12.1. The number of rotatable bonds is 5. The summed E-state index contributed by atoms with van der Waals surface area (Å²) in [6.45, 7) is 8.27. The highest BCUT2D eigenvalue weighted by molar-refractivity contribution is 5.89. The first kappa shape index (κ1) is 18.4. The number of morpholine rings is 1. The molecule has 1 aliphatic rings. The average molecular weight is 353 g/mol. The van der Waals surface area contributed by atoms with E-state index in [2.05, 4.69) is 34.6 Å². The zero-order valence-corrected chi connectivity index (χ0v) is 15.5. The van der Waals surface area contributed by atoms with Crippen molar-refractivity contribution in [2.24, 2.45) is 0 Å². The number of carbonyl (C=O) groups excluding carboxylic acids is 1. The SMILES string of the molecule is Cc1ccc(NC(=O)NCc2cccc(CN3CCOC(C)C3)c2)cc1. The van der Waals surface area contributed by atoms with Crippen molar-refractivity contribution in [1.29, 1.82) is 0 Å². The van der Waals surface area contributed by atoms with Gasteiger partial charge in [0.2, 0.25) is 0 Å². The molecule has 5 heteroatoms. The lowest BCUT2D eigenvalue weighted by Gasteiger charge is -2.31. The molecule has 2 amide bonds. The molecular formula is C21H27N3O2. The van der Waals surface area contributed by atoms with Gasteiger partial charge in [-0.15, -0.1) is 0 Å². The van der Waals surface area contributed by atoms with E-state index in [1.54, 1.807) is 0 Å². The van der Waals surface area contributed by atoms with Crippen LogP contribution in [0.2, 0.25) is 0 Å². The van der Waals surface area contributed by atoms with Gasteiger partial charge in [0.25, 0.3) is 0 Å². The monoisotopic (exact) mass is 353 g/mol. The molecule has 1 saturated heterocycles. The number of aryl methyl sites for hydroxylation is 1. The maximum Gasteiger partial charge on any atom is 0.319 e. The summed E-state index contributed by atoms with van der Waals surface area (Å²) in [5.74, 6) is 0. The lowest BCUT2D eigenvalue weighted by molar-refractivity contribution is -0.0212.